The van der Waals surface area contributed by atoms with Crippen LogP contribution in [0.4, 0.5) is 0 Å². The molecule has 0 radical (unpaired) electrons. The van der Waals surface area contributed by atoms with Gasteiger partial charge in [-0.15, -0.1) is 0 Å². The number of ether oxygens (including phenoxy) is 2. The van der Waals surface area contributed by atoms with Gasteiger partial charge in [0.15, 0.2) is 0 Å². The third-order valence-electron chi connectivity index (χ3n) is 5.61. The number of amides is 1. The fourth-order valence-electron chi connectivity index (χ4n) is 4.14. The van der Waals surface area contributed by atoms with Gasteiger partial charge in [-0.05, 0) is 50.2 Å². The highest BCUT2D eigenvalue weighted by Crippen LogP contribution is 2.42. The topological polar surface area (TPSA) is 51.7 Å². The Morgan fingerprint density at radius 1 is 1.40 bits per heavy atom. The number of piperidine rings is 1. The summed E-state index contributed by atoms with van der Waals surface area (Å²) in [5.41, 5.74) is 0.944. The number of pyridine rings is 1. The number of carbonyl (C=O) groups excluding carboxylic acids is 1. The van der Waals surface area contributed by atoms with Gasteiger partial charge in [0.1, 0.15) is 0 Å². The maximum atomic E-state index is 12.1. The van der Waals surface area contributed by atoms with E-state index in [-0.39, 0.29) is 5.60 Å². The van der Waals surface area contributed by atoms with Gasteiger partial charge in [-0.2, -0.15) is 0 Å². The summed E-state index contributed by atoms with van der Waals surface area (Å²) in [4.78, 5) is 18.4. The molecule has 2 saturated heterocycles. The molecule has 0 saturated carbocycles. The van der Waals surface area contributed by atoms with Gasteiger partial charge in [0.05, 0.1) is 17.9 Å². The zero-order valence-electron chi connectivity index (χ0n) is 15.3. The molecule has 5 nitrogen and oxygen atoms in total. The number of carbonyl (C=O) groups is 1. The van der Waals surface area contributed by atoms with Crippen molar-refractivity contribution in [3.63, 3.8) is 0 Å². The molecule has 0 N–H and O–H groups in total. The van der Waals surface area contributed by atoms with E-state index in [9.17, 15) is 4.79 Å². The first-order valence-electron chi connectivity index (χ1n) is 9.63. The normalized spacial score (nSPS) is 22.4. The highest BCUT2D eigenvalue weighted by atomic mass is 16.5. The predicted molar refractivity (Wildman–Crippen MR) is 96.0 cm³/mol. The SMILES string of the molecule is CCCC(=O)N1CCC2(CC1)OCC[C@H]2CCOCc1ccccn1. The average molecular weight is 346 g/mol. The summed E-state index contributed by atoms with van der Waals surface area (Å²) in [6.07, 6.45) is 7.45. The van der Waals surface area contributed by atoms with Gasteiger partial charge >= 0.3 is 0 Å². The summed E-state index contributed by atoms with van der Waals surface area (Å²) < 4.78 is 12.0. The van der Waals surface area contributed by atoms with Crippen molar-refractivity contribution in [2.24, 2.45) is 5.92 Å². The minimum absolute atomic E-state index is 0.0304. The van der Waals surface area contributed by atoms with Crippen LogP contribution in [0.15, 0.2) is 24.4 Å². The highest BCUT2D eigenvalue weighted by molar-refractivity contribution is 5.76. The Morgan fingerprint density at radius 2 is 2.24 bits per heavy atom. The van der Waals surface area contributed by atoms with E-state index in [0.29, 0.717) is 24.9 Å². The Hall–Kier alpha value is -1.46. The highest BCUT2D eigenvalue weighted by Gasteiger charge is 2.46. The Bertz CT molecular complexity index is 541. The van der Waals surface area contributed by atoms with Crippen LogP contribution in [-0.4, -0.2) is 47.7 Å². The third-order valence-corrected chi connectivity index (χ3v) is 5.61. The van der Waals surface area contributed by atoms with E-state index >= 15 is 0 Å². The molecule has 2 fully saturated rings. The molecule has 2 aliphatic rings. The van der Waals surface area contributed by atoms with Gasteiger partial charge in [-0.1, -0.05) is 13.0 Å². The number of aromatic nitrogens is 1. The summed E-state index contributed by atoms with van der Waals surface area (Å²) in [5.74, 6) is 0.838. The molecule has 3 rings (SSSR count). The van der Waals surface area contributed by atoms with Crippen molar-refractivity contribution in [1.82, 2.24) is 9.88 Å². The second-order valence-corrected chi connectivity index (χ2v) is 7.19. The lowest BCUT2D eigenvalue weighted by molar-refractivity contribution is -0.137. The molecule has 5 heteroatoms. The first-order valence-corrected chi connectivity index (χ1v) is 9.63. The van der Waals surface area contributed by atoms with Crippen molar-refractivity contribution in [1.29, 1.82) is 0 Å². The largest absolute Gasteiger partial charge is 0.375 e. The Labute approximate surface area is 150 Å². The zero-order valence-corrected chi connectivity index (χ0v) is 15.3. The summed E-state index contributed by atoms with van der Waals surface area (Å²) in [7, 11) is 0. The van der Waals surface area contributed by atoms with Gasteiger partial charge in [-0.25, -0.2) is 0 Å². The maximum Gasteiger partial charge on any atom is 0.222 e. The van der Waals surface area contributed by atoms with Crippen LogP contribution in [0.1, 0.15) is 51.1 Å². The predicted octanol–water partition coefficient (Wildman–Crippen LogP) is 3.19. The first kappa shape index (κ1) is 18.3. The zero-order chi connectivity index (χ0) is 17.5. The molecule has 1 aromatic heterocycles. The Morgan fingerprint density at radius 3 is 2.96 bits per heavy atom. The molecule has 2 aliphatic heterocycles. The molecule has 0 aromatic carbocycles. The first-order chi connectivity index (χ1) is 12.2. The lowest BCUT2D eigenvalue weighted by Crippen LogP contribution is -2.49. The van der Waals surface area contributed by atoms with Crippen molar-refractivity contribution in [2.45, 2.75) is 57.7 Å². The van der Waals surface area contributed by atoms with E-state index in [4.69, 9.17) is 9.47 Å². The smallest absolute Gasteiger partial charge is 0.222 e. The van der Waals surface area contributed by atoms with E-state index in [2.05, 4.69) is 11.9 Å². The van der Waals surface area contributed by atoms with Crippen molar-refractivity contribution in [2.75, 3.05) is 26.3 Å². The molecule has 1 aromatic rings. The summed E-state index contributed by atoms with van der Waals surface area (Å²) in [6.45, 7) is 5.89. The standard InChI is InChI=1S/C20H30N2O3/c1-2-5-19(23)22-12-9-20(10-13-22)17(8-15-25-20)7-14-24-16-18-6-3-4-11-21-18/h3-4,6,11,17H,2,5,7-10,12-16H2,1H3/t17-/m1/s1. The lowest BCUT2D eigenvalue weighted by atomic mass is 9.78. The van der Waals surface area contributed by atoms with E-state index in [1.165, 1.54) is 0 Å². The Kier molecular flexibility index (Phi) is 6.43. The molecular weight excluding hydrogens is 316 g/mol. The second kappa shape index (κ2) is 8.77. The van der Waals surface area contributed by atoms with E-state index < -0.39 is 0 Å². The van der Waals surface area contributed by atoms with Crippen LogP contribution >= 0.6 is 0 Å². The van der Waals surface area contributed by atoms with Crippen LogP contribution in [0, 0.1) is 5.92 Å². The van der Waals surface area contributed by atoms with Gasteiger partial charge in [0, 0.05) is 38.9 Å². The summed E-state index contributed by atoms with van der Waals surface area (Å²) in [6, 6.07) is 5.89. The summed E-state index contributed by atoms with van der Waals surface area (Å²) in [5, 5.41) is 0. The maximum absolute atomic E-state index is 12.1. The minimum atomic E-state index is -0.0304. The third kappa shape index (κ3) is 4.59. The van der Waals surface area contributed by atoms with Crippen LogP contribution in [-0.2, 0) is 20.9 Å². The summed E-state index contributed by atoms with van der Waals surface area (Å²) >= 11 is 0. The minimum Gasteiger partial charge on any atom is -0.375 e. The molecule has 25 heavy (non-hydrogen) atoms. The number of hydrogen-bond donors (Lipinski definition) is 0. The molecule has 0 bridgehead atoms. The quantitative estimate of drug-likeness (QED) is 0.712. The van der Waals surface area contributed by atoms with Crippen LogP contribution in [0.25, 0.3) is 0 Å². The molecule has 138 valence electrons. The van der Waals surface area contributed by atoms with E-state index in [1.807, 2.05) is 23.1 Å². The van der Waals surface area contributed by atoms with Crippen molar-refractivity contribution in [3.05, 3.63) is 30.1 Å². The fourth-order valence-corrected chi connectivity index (χ4v) is 4.14. The van der Waals surface area contributed by atoms with Gasteiger partial charge < -0.3 is 14.4 Å². The average Bonchev–Trinajstić information content (AvgIpc) is 3.02. The molecule has 1 atom stereocenters. The fraction of sp³-hybridized carbons (Fsp3) is 0.700. The van der Waals surface area contributed by atoms with Crippen molar-refractivity contribution < 1.29 is 14.3 Å². The van der Waals surface area contributed by atoms with E-state index in [1.54, 1.807) is 6.20 Å². The monoisotopic (exact) mass is 346 g/mol. The molecule has 1 spiro atoms. The molecular formula is C20H30N2O3. The van der Waals surface area contributed by atoms with Crippen LogP contribution < -0.4 is 0 Å². The second-order valence-electron chi connectivity index (χ2n) is 7.19. The number of nitrogens with zero attached hydrogens (tertiary/aromatic N) is 2. The van der Waals surface area contributed by atoms with Gasteiger partial charge in [-0.3, -0.25) is 9.78 Å². The molecule has 0 aliphatic carbocycles. The van der Waals surface area contributed by atoms with Crippen LogP contribution in [0.2, 0.25) is 0 Å². The lowest BCUT2D eigenvalue weighted by Gasteiger charge is -2.42. The van der Waals surface area contributed by atoms with Crippen molar-refractivity contribution >= 4 is 5.91 Å². The van der Waals surface area contributed by atoms with Crippen molar-refractivity contribution in [3.8, 4) is 0 Å². The number of rotatable bonds is 7. The Balaban J connectivity index is 1.44. The molecule has 1 amide bonds. The van der Waals surface area contributed by atoms with Gasteiger partial charge in [0.25, 0.3) is 0 Å². The van der Waals surface area contributed by atoms with Gasteiger partial charge in [0.2, 0.25) is 5.91 Å². The number of likely N-dealkylation sites (tertiary alicyclic amines) is 1. The number of hydrogen-bond acceptors (Lipinski definition) is 4. The van der Waals surface area contributed by atoms with Crippen LogP contribution in [0.5, 0.6) is 0 Å². The van der Waals surface area contributed by atoms with E-state index in [0.717, 1.165) is 64.1 Å². The van der Waals surface area contributed by atoms with Crippen LogP contribution in [0.3, 0.4) is 0 Å². The molecule has 0 unspecified atom stereocenters. The molecule has 3 heterocycles.